The van der Waals surface area contributed by atoms with Crippen LogP contribution in [0.25, 0.3) is 6.08 Å². The number of aldehydes is 1. The van der Waals surface area contributed by atoms with Crippen molar-refractivity contribution in [2.45, 2.75) is 6.42 Å². The Hall–Kier alpha value is -2.10. The maximum Gasteiger partial charge on any atom is 0.146 e. The number of aromatic nitrogens is 1. The summed E-state index contributed by atoms with van der Waals surface area (Å²) < 4.78 is 0. The lowest BCUT2D eigenvalue weighted by molar-refractivity contribution is -0.105. The van der Waals surface area contributed by atoms with E-state index in [0.29, 0.717) is 6.42 Å². The minimum Gasteiger partial charge on any atom is -0.298 e. The summed E-state index contributed by atoms with van der Waals surface area (Å²) in [6.07, 6.45) is 8.33. The van der Waals surface area contributed by atoms with Crippen molar-refractivity contribution in [1.82, 2.24) is 4.98 Å². The highest BCUT2D eigenvalue weighted by Crippen LogP contribution is 2.17. The number of hydrogen-bond donors (Lipinski definition) is 0. The predicted octanol–water partition coefficient (Wildman–Crippen LogP) is -0.163. The minimum absolute atomic E-state index is 0.596. The molecule has 1 aliphatic heterocycles. The van der Waals surface area contributed by atoms with E-state index in [0.717, 1.165) is 33.8 Å². The number of carbonyl (C=O) groups excluding carboxylic acids is 1. The zero-order chi connectivity index (χ0) is 10.3. The molecule has 0 atom stereocenters. The number of carbonyl (C=O) groups is 1. The molecule has 0 amide bonds. The average Bonchev–Trinajstić information content (AvgIpc) is 2.76. The maximum atomic E-state index is 10.7. The van der Waals surface area contributed by atoms with Gasteiger partial charge < -0.3 is 0 Å². The molecule has 4 heteroatoms. The first-order valence-electron chi connectivity index (χ1n) is 4.63. The molecule has 0 fully saturated rings. The number of rotatable bonds is 1. The van der Waals surface area contributed by atoms with E-state index in [4.69, 9.17) is 0 Å². The number of fused-ring (bicyclic) bond motifs is 3. The lowest BCUT2D eigenvalue weighted by Crippen LogP contribution is -2.22. The van der Waals surface area contributed by atoms with Gasteiger partial charge >= 0.3 is 0 Å². The molecule has 2 heterocycles. The fraction of sp³-hybridized carbons (Fsp3) is 0.0909. The van der Waals surface area contributed by atoms with Gasteiger partial charge in [0, 0.05) is 12.0 Å². The molecule has 15 heavy (non-hydrogen) atoms. The van der Waals surface area contributed by atoms with E-state index in [-0.39, 0.29) is 0 Å². The Balaban J connectivity index is 2.32. The van der Waals surface area contributed by atoms with Crippen molar-refractivity contribution in [3.63, 3.8) is 0 Å². The van der Waals surface area contributed by atoms with Crippen molar-refractivity contribution >= 4 is 24.4 Å². The van der Waals surface area contributed by atoms with Gasteiger partial charge in [0.1, 0.15) is 18.0 Å². The van der Waals surface area contributed by atoms with Crippen molar-refractivity contribution in [1.29, 1.82) is 0 Å². The molecule has 0 aromatic carbocycles. The SMILES string of the molecule is O=CC1=CC=c2ncc3c(c2C1)N=CN=3. The summed E-state index contributed by atoms with van der Waals surface area (Å²) in [6, 6.07) is 0. The van der Waals surface area contributed by atoms with Crippen molar-refractivity contribution in [2.24, 2.45) is 9.98 Å². The van der Waals surface area contributed by atoms with Gasteiger partial charge in [0.25, 0.3) is 0 Å². The Labute approximate surface area is 85.4 Å². The first-order chi connectivity index (χ1) is 7.38. The van der Waals surface area contributed by atoms with E-state index in [1.54, 1.807) is 12.3 Å². The lowest BCUT2D eigenvalue weighted by atomic mass is 10.0. The minimum atomic E-state index is 0.596. The van der Waals surface area contributed by atoms with Gasteiger partial charge in [-0.3, -0.25) is 9.78 Å². The summed E-state index contributed by atoms with van der Waals surface area (Å²) in [5.74, 6) is 0. The molecule has 2 aliphatic rings. The van der Waals surface area contributed by atoms with Crippen molar-refractivity contribution < 1.29 is 4.79 Å². The number of allylic oxidation sites excluding steroid dienone is 2. The van der Waals surface area contributed by atoms with Gasteiger partial charge in [-0.1, -0.05) is 6.08 Å². The lowest BCUT2D eigenvalue weighted by Gasteiger charge is -2.07. The van der Waals surface area contributed by atoms with E-state index in [1.165, 1.54) is 6.34 Å². The number of nitrogens with zero attached hydrogens (tertiary/aromatic N) is 3. The Morgan fingerprint density at radius 3 is 3.13 bits per heavy atom. The summed E-state index contributed by atoms with van der Waals surface area (Å²) in [4.78, 5) is 23.2. The van der Waals surface area contributed by atoms with Crippen molar-refractivity contribution in [2.75, 3.05) is 0 Å². The molecule has 0 saturated heterocycles. The molecule has 0 bridgehead atoms. The Morgan fingerprint density at radius 1 is 1.33 bits per heavy atom. The summed E-state index contributed by atoms with van der Waals surface area (Å²) >= 11 is 0. The van der Waals surface area contributed by atoms with Crippen LogP contribution in [0, 0.1) is 0 Å². The van der Waals surface area contributed by atoms with Crippen LogP contribution in [-0.4, -0.2) is 17.6 Å². The molecule has 0 unspecified atom stereocenters. The molecule has 0 radical (unpaired) electrons. The van der Waals surface area contributed by atoms with Gasteiger partial charge in [0.15, 0.2) is 0 Å². The Kier molecular flexibility index (Phi) is 1.62. The molecular weight excluding hydrogens is 190 g/mol. The molecule has 1 aromatic rings. The summed E-state index contributed by atoms with van der Waals surface area (Å²) in [5.41, 5.74) is 2.60. The summed E-state index contributed by atoms with van der Waals surface area (Å²) in [7, 11) is 0. The number of hydrogen-bond acceptors (Lipinski definition) is 4. The standard InChI is InChI=1S/C11H7N3O/c15-5-7-1-2-9-8(3-7)11-10(4-12-9)13-6-14-11/h1-2,4-6H,3H2. The maximum absolute atomic E-state index is 10.7. The molecule has 1 aliphatic carbocycles. The predicted molar refractivity (Wildman–Crippen MR) is 55.5 cm³/mol. The molecular formula is C11H7N3O. The van der Waals surface area contributed by atoms with Gasteiger partial charge in [-0.25, -0.2) is 9.98 Å². The zero-order valence-electron chi connectivity index (χ0n) is 7.84. The van der Waals surface area contributed by atoms with Gasteiger partial charge in [-0.15, -0.1) is 0 Å². The molecule has 3 rings (SSSR count). The number of aliphatic imine (C=N–C) groups is 1. The van der Waals surface area contributed by atoms with Crippen LogP contribution in [0.2, 0.25) is 0 Å². The van der Waals surface area contributed by atoms with Crippen LogP contribution in [0.5, 0.6) is 0 Å². The summed E-state index contributed by atoms with van der Waals surface area (Å²) in [5, 5.41) is 1.67. The second-order valence-electron chi connectivity index (χ2n) is 3.43. The molecule has 72 valence electrons. The second-order valence-corrected chi connectivity index (χ2v) is 3.43. The Bertz CT molecular complexity index is 626. The van der Waals surface area contributed by atoms with Crippen LogP contribution in [0.15, 0.2) is 27.8 Å². The average molecular weight is 197 g/mol. The molecule has 0 spiro atoms. The molecule has 0 saturated carbocycles. The zero-order valence-corrected chi connectivity index (χ0v) is 7.84. The Morgan fingerprint density at radius 2 is 2.27 bits per heavy atom. The quantitative estimate of drug-likeness (QED) is 0.587. The highest BCUT2D eigenvalue weighted by atomic mass is 16.1. The van der Waals surface area contributed by atoms with E-state index >= 15 is 0 Å². The molecule has 1 aromatic heterocycles. The van der Waals surface area contributed by atoms with E-state index in [2.05, 4.69) is 15.0 Å². The van der Waals surface area contributed by atoms with Gasteiger partial charge in [0.05, 0.1) is 17.2 Å². The van der Waals surface area contributed by atoms with Crippen LogP contribution >= 0.6 is 0 Å². The van der Waals surface area contributed by atoms with Crippen LogP contribution in [0.4, 0.5) is 5.69 Å². The smallest absolute Gasteiger partial charge is 0.146 e. The number of pyridine rings is 1. The normalized spacial score (nSPS) is 15.9. The van der Waals surface area contributed by atoms with Crippen LogP contribution in [-0.2, 0) is 11.2 Å². The summed E-state index contributed by atoms with van der Waals surface area (Å²) in [6.45, 7) is 0. The fourth-order valence-corrected chi connectivity index (χ4v) is 1.78. The van der Waals surface area contributed by atoms with E-state index in [9.17, 15) is 4.79 Å². The van der Waals surface area contributed by atoms with Crippen molar-refractivity contribution in [3.05, 3.63) is 34.1 Å². The highest BCUT2D eigenvalue weighted by Gasteiger charge is 2.13. The van der Waals surface area contributed by atoms with Crippen molar-refractivity contribution in [3.8, 4) is 0 Å². The van der Waals surface area contributed by atoms with Crippen LogP contribution in [0.3, 0.4) is 0 Å². The van der Waals surface area contributed by atoms with Gasteiger partial charge in [-0.2, -0.15) is 0 Å². The third-order valence-electron chi connectivity index (χ3n) is 2.53. The van der Waals surface area contributed by atoms with Crippen LogP contribution in [0.1, 0.15) is 5.56 Å². The third-order valence-corrected chi connectivity index (χ3v) is 2.53. The fourth-order valence-electron chi connectivity index (χ4n) is 1.78. The topological polar surface area (TPSA) is 54.7 Å². The van der Waals surface area contributed by atoms with E-state index < -0.39 is 0 Å². The highest BCUT2D eigenvalue weighted by molar-refractivity contribution is 5.79. The molecule has 0 N–H and O–H groups in total. The van der Waals surface area contributed by atoms with E-state index in [1.807, 2.05) is 6.08 Å². The third kappa shape index (κ3) is 1.15. The first kappa shape index (κ1) is 8.23. The molecule has 4 nitrogen and oxygen atoms in total. The van der Waals surface area contributed by atoms with Crippen LogP contribution < -0.4 is 10.7 Å². The van der Waals surface area contributed by atoms with Gasteiger partial charge in [0.2, 0.25) is 0 Å². The monoisotopic (exact) mass is 197 g/mol. The second kappa shape index (κ2) is 2.95. The van der Waals surface area contributed by atoms with Gasteiger partial charge in [-0.05, 0) is 11.6 Å². The first-order valence-corrected chi connectivity index (χ1v) is 4.63. The largest absolute Gasteiger partial charge is 0.298 e.